The van der Waals surface area contributed by atoms with Crippen molar-refractivity contribution in [1.82, 2.24) is 0 Å². The maximum absolute atomic E-state index is 2.39. The van der Waals surface area contributed by atoms with Crippen LogP contribution in [0.5, 0.6) is 0 Å². The quantitative estimate of drug-likeness (QED) is 0.487. The summed E-state index contributed by atoms with van der Waals surface area (Å²) >= 11 is 1.60. The van der Waals surface area contributed by atoms with E-state index >= 15 is 0 Å². The number of fused-ring (bicyclic) bond motifs is 4. The summed E-state index contributed by atoms with van der Waals surface area (Å²) in [7, 11) is 0. The van der Waals surface area contributed by atoms with Crippen molar-refractivity contribution in [3.63, 3.8) is 0 Å². The minimum absolute atomic E-state index is 0. The molecule has 1 atom stereocenters. The number of rotatable bonds is 2. The van der Waals surface area contributed by atoms with Gasteiger partial charge in [-0.3, -0.25) is 0 Å². The zero-order valence-corrected chi connectivity index (χ0v) is 21.7. The van der Waals surface area contributed by atoms with Gasteiger partial charge in [0.05, 0.1) is 0 Å². The van der Waals surface area contributed by atoms with Gasteiger partial charge in [0.15, 0.2) is 0 Å². The Labute approximate surface area is 207 Å². The zero-order valence-electron chi connectivity index (χ0n) is 17.8. The molecule has 0 nitrogen and oxygen atoms in total. The molecule has 0 fully saturated rings. The smallest absolute Gasteiger partial charge is 1.00 e. The first-order valence-electron chi connectivity index (χ1n) is 10.2. The fraction of sp³-hybridized carbons (Fsp3) is 0.259. The summed E-state index contributed by atoms with van der Waals surface area (Å²) < 4.78 is 0.579. The molecule has 151 valence electrons. The normalized spacial score (nSPS) is 16.7. The van der Waals surface area contributed by atoms with Crippen molar-refractivity contribution in [3.05, 3.63) is 99.6 Å². The van der Waals surface area contributed by atoms with Crippen LogP contribution < -0.4 is 24.8 Å². The van der Waals surface area contributed by atoms with Gasteiger partial charge in [0.2, 0.25) is 0 Å². The molecule has 0 N–H and O–H groups in total. The largest absolute Gasteiger partial charge is 1.00 e. The molecule has 0 aliphatic heterocycles. The second-order valence-corrected chi connectivity index (χ2v) is 9.97. The third kappa shape index (κ3) is 3.29. The van der Waals surface area contributed by atoms with Gasteiger partial charge in [-0.05, 0) is 0 Å². The zero-order chi connectivity index (χ0) is 19.6. The van der Waals surface area contributed by atoms with Gasteiger partial charge in [-0.2, -0.15) is 0 Å². The Kier molecular flexibility index (Phi) is 6.88. The third-order valence-corrected chi connectivity index (χ3v) is 8.43. The Morgan fingerprint density at radius 2 is 1.30 bits per heavy atom. The summed E-state index contributed by atoms with van der Waals surface area (Å²) in [5.41, 5.74) is 15.1. The van der Waals surface area contributed by atoms with Crippen molar-refractivity contribution in [1.29, 1.82) is 0 Å². The Hall–Kier alpha value is -1.14. The van der Waals surface area contributed by atoms with Crippen molar-refractivity contribution in [2.45, 2.75) is 43.2 Å². The molecule has 0 radical (unpaired) electrons. The van der Waals surface area contributed by atoms with E-state index in [9.17, 15) is 0 Å². The van der Waals surface area contributed by atoms with Crippen molar-refractivity contribution in [2.24, 2.45) is 0 Å². The van der Waals surface area contributed by atoms with Crippen LogP contribution in [0.25, 0.3) is 16.7 Å². The van der Waals surface area contributed by atoms with Crippen LogP contribution in [0.2, 0.25) is 0 Å². The van der Waals surface area contributed by atoms with Gasteiger partial charge in [0.25, 0.3) is 0 Å². The van der Waals surface area contributed by atoms with Crippen LogP contribution in [0.1, 0.15) is 69.6 Å². The Morgan fingerprint density at radius 1 is 0.767 bits per heavy atom. The van der Waals surface area contributed by atoms with Crippen LogP contribution in [0, 0.1) is 6.92 Å². The average Bonchev–Trinajstić information content (AvgIpc) is 3.15. The molecular weight excluding hydrogens is 486 g/mol. The number of hydrogen-bond donors (Lipinski definition) is 0. The van der Waals surface area contributed by atoms with Crippen LogP contribution in [0.4, 0.5) is 0 Å². The Balaban J connectivity index is 0.00000128. The Bertz CT molecular complexity index is 1100. The van der Waals surface area contributed by atoms with Crippen LogP contribution in [0.15, 0.2) is 66.2 Å². The molecule has 0 bridgehead atoms. The maximum atomic E-state index is 2.39. The number of allylic oxidation sites excluding steroid dienone is 2. The molecule has 3 heteroatoms. The summed E-state index contributed by atoms with van der Waals surface area (Å²) in [5.74, 6) is 0.890. The fourth-order valence-corrected chi connectivity index (χ4v) is 6.60. The van der Waals surface area contributed by atoms with E-state index in [-0.39, 0.29) is 24.8 Å². The minimum atomic E-state index is 0. The first-order valence-corrected chi connectivity index (χ1v) is 11.7. The molecule has 0 heterocycles. The summed E-state index contributed by atoms with van der Waals surface area (Å²) in [6.45, 7) is 9.37. The molecule has 0 aromatic heterocycles. The molecule has 5 rings (SSSR count). The van der Waals surface area contributed by atoms with Crippen molar-refractivity contribution in [2.75, 3.05) is 0 Å². The van der Waals surface area contributed by atoms with Gasteiger partial charge < -0.3 is 24.8 Å². The molecular formula is C27H25Cl2Zr. The molecule has 2 aliphatic carbocycles. The van der Waals surface area contributed by atoms with Gasteiger partial charge in [0.1, 0.15) is 0 Å². The van der Waals surface area contributed by atoms with Crippen LogP contribution in [-0.2, 0) is 24.7 Å². The first kappa shape index (κ1) is 23.5. The molecule has 30 heavy (non-hydrogen) atoms. The second kappa shape index (κ2) is 8.78. The molecule has 0 spiro atoms. The van der Waals surface area contributed by atoms with Gasteiger partial charge in [-0.25, -0.2) is 0 Å². The van der Waals surface area contributed by atoms with E-state index in [1.54, 1.807) is 47.0 Å². The SMILES string of the molecule is CC1=C(C2c3ccccc3-c3ccccc32)c2c(C(C)C)ccc(C)c2[CH]1[Zr+2].[Cl-].[Cl-]. The first-order chi connectivity index (χ1) is 13.5. The van der Waals surface area contributed by atoms with Crippen molar-refractivity contribution in [3.8, 4) is 11.1 Å². The molecule has 2 aliphatic rings. The number of benzene rings is 3. The molecule has 0 saturated heterocycles. The van der Waals surface area contributed by atoms with Gasteiger partial charge >= 0.3 is 184 Å². The van der Waals surface area contributed by atoms with Crippen molar-refractivity contribution < 1.29 is 49.5 Å². The van der Waals surface area contributed by atoms with Gasteiger partial charge in [-0.15, -0.1) is 0 Å². The van der Waals surface area contributed by atoms with Gasteiger partial charge in [-0.1, -0.05) is 0 Å². The molecule has 3 aromatic rings. The van der Waals surface area contributed by atoms with Crippen LogP contribution >= 0.6 is 0 Å². The van der Waals surface area contributed by atoms with Gasteiger partial charge in [0, 0.05) is 0 Å². The average molecular weight is 512 g/mol. The van der Waals surface area contributed by atoms with E-state index in [2.05, 4.69) is 88.4 Å². The predicted octanol–water partition coefficient (Wildman–Crippen LogP) is 1.31. The van der Waals surface area contributed by atoms with Crippen LogP contribution in [0.3, 0.4) is 0 Å². The van der Waals surface area contributed by atoms with Crippen molar-refractivity contribution >= 4 is 5.57 Å². The molecule has 0 amide bonds. The van der Waals surface area contributed by atoms with E-state index in [1.807, 2.05) is 0 Å². The topological polar surface area (TPSA) is 0 Å². The molecule has 0 saturated carbocycles. The molecule has 3 aromatic carbocycles. The number of halogens is 2. The van der Waals surface area contributed by atoms with E-state index in [1.165, 1.54) is 33.4 Å². The van der Waals surface area contributed by atoms with E-state index < -0.39 is 0 Å². The second-order valence-electron chi connectivity index (χ2n) is 8.55. The third-order valence-electron chi connectivity index (χ3n) is 6.66. The fourth-order valence-electron chi connectivity index (χ4n) is 5.30. The van der Waals surface area contributed by atoms with E-state index in [0.717, 1.165) is 0 Å². The Morgan fingerprint density at radius 3 is 1.83 bits per heavy atom. The maximum Gasteiger partial charge on any atom is -1.00 e. The minimum Gasteiger partial charge on any atom is -1.00 e. The predicted molar refractivity (Wildman–Crippen MR) is 114 cm³/mol. The standard InChI is InChI=1S/C27H25.2ClH.Zr/c1-16(2)19-14-13-17(3)24-15-18(4)25(26(19)24)27-22-11-7-5-9-20(22)21-10-6-8-12-23(21)27;;;/h5-16,27H,1-4H3;2*1H;/q;;;+2/p-2. The summed E-state index contributed by atoms with van der Waals surface area (Å²) in [4.78, 5) is 0. The van der Waals surface area contributed by atoms with Crippen LogP contribution in [-0.4, -0.2) is 0 Å². The summed E-state index contributed by atoms with van der Waals surface area (Å²) in [5, 5.41) is 0. The van der Waals surface area contributed by atoms with E-state index in [0.29, 0.717) is 15.5 Å². The summed E-state index contributed by atoms with van der Waals surface area (Å²) in [6, 6.07) is 22.8. The monoisotopic (exact) mass is 509 g/mol. The summed E-state index contributed by atoms with van der Waals surface area (Å²) in [6.07, 6.45) is 0. The van der Waals surface area contributed by atoms with E-state index in [4.69, 9.17) is 0 Å². The number of aryl methyl sites for hydroxylation is 1. The number of hydrogen-bond acceptors (Lipinski definition) is 0. The molecule has 1 unspecified atom stereocenters.